The lowest BCUT2D eigenvalue weighted by Crippen LogP contribution is -2.22. The summed E-state index contributed by atoms with van der Waals surface area (Å²) >= 11 is 2.32. The first-order chi connectivity index (χ1) is 14.9. The Balaban J connectivity index is 1.51. The second-order valence-electron chi connectivity index (χ2n) is 6.11. The lowest BCUT2D eigenvalue weighted by Gasteiger charge is -2.09. The molecule has 0 unspecified atom stereocenters. The molecule has 4 aromatic heterocycles. The second kappa shape index (κ2) is 9.05. The third-order valence-electron chi connectivity index (χ3n) is 3.83. The summed E-state index contributed by atoms with van der Waals surface area (Å²) in [5, 5.41) is 13.9. The Morgan fingerprint density at radius 2 is 1.81 bits per heavy atom. The summed E-state index contributed by atoms with van der Waals surface area (Å²) in [7, 11) is 0. The van der Waals surface area contributed by atoms with E-state index in [0.29, 0.717) is 21.3 Å². The SMILES string of the molecule is O=c1ccc(-c2cnc(OCC(F)(F)I)nc2)nn1Cc1nnc(-c2ccncc2)s1. The number of aromatic nitrogens is 7. The first-order valence-corrected chi connectivity index (χ1v) is 10.6. The van der Waals surface area contributed by atoms with Crippen LogP contribution in [-0.2, 0) is 6.54 Å². The Kier molecular flexibility index (Phi) is 6.22. The highest BCUT2D eigenvalue weighted by atomic mass is 127. The summed E-state index contributed by atoms with van der Waals surface area (Å²) in [5.74, 6) is 0. The first-order valence-electron chi connectivity index (χ1n) is 8.70. The first kappa shape index (κ1) is 21.3. The van der Waals surface area contributed by atoms with Gasteiger partial charge in [0.15, 0.2) is 6.61 Å². The van der Waals surface area contributed by atoms with E-state index >= 15 is 0 Å². The fraction of sp³-hybridized carbons (Fsp3) is 0.167. The van der Waals surface area contributed by atoms with Crippen molar-refractivity contribution in [2.45, 2.75) is 10.5 Å². The van der Waals surface area contributed by atoms with Crippen LogP contribution in [0.15, 0.2) is 53.8 Å². The van der Waals surface area contributed by atoms with Crippen molar-refractivity contribution in [1.82, 2.24) is 34.9 Å². The van der Waals surface area contributed by atoms with Crippen LogP contribution in [0.5, 0.6) is 6.01 Å². The number of alkyl halides is 3. The molecule has 4 rings (SSSR count). The molecule has 0 aliphatic heterocycles. The molecule has 0 spiro atoms. The minimum atomic E-state index is -3.02. The predicted octanol–water partition coefficient (Wildman–Crippen LogP) is 3.07. The van der Waals surface area contributed by atoms with Crippen molar-refractivity contribution in [3.8, 4) is 27.8 Å². The summed E-state index contributed by atoms with van der Waals surface area (Å²) < 4.78 is 28.8. The highest BCUT2D eigenvalue weighted by Crippen LogP contribution is 2.24. The summed E-state index contributed by atoms with van der Waals surface area (Å²) in [6.07, 6.45) is 6.10. The molecule has 158 valence electrons. The number of hydrogen-bond donors (Lipinski definition) is 0. The van der Waals surface area contributed by atoms with Crippen LogP contribution in [0.3, 0.4) is 0 Å². The van der Waals surface area contributed by atoms with Crippen LogP contribution in [0, 0.1) is 0 Å². The van der Waals surface area contributed by atoms with E-state index in [1.54, 1.807) is 12.4 Å². The topological polar surface area (TPSA) is 109 Å². The lowest BCUT2D eigenvalue weighted by molar-refractivity contribution is 0.0603. The molecule has 9 nitrogen and oxygen atoms in total. The Morgan fingerprint density at radius 1 is 1.06 bits per heavy atom. The molecule has 0 atom stereocenters. The van der Waals surface area contributed by atoms with E-state index in [2.05, 4.69) is 30.2 Å². The molecule has 0 radical (unpaired) electrons. The van der Waals surface area contributed by atoms with Crippen molar-refractivity contribution in [2.75, 3.05) is 6.61 Å². The molecule has 0 amide bonds. The Morgan fingerprint density at radius 3 is 2.52 bits per heavy atom. The maximum absolute atomic E-state index is 12.9. The molecule has 0 aromatic carbocycles. The van der Waals surface area contributed by atoms with Gasteiger partial charge in [0, 0.05) is 64.6 Å². The Bertz CT molecular complexity index is 1230. The van der Waals surface area contributed by atoms with E-state index in [4.69, 9.17) is 4.74 Å². The van der Waals surface area contributed by atoms with Gasteiger partial charge in [0.1, 0.15) is 10.0 Å². The van der Waals surface area contributed by atoms with Crippen molar-refractivity contribution in [2.24, 2.45) is 0 Å². The van der Waals surface area contributed by atoms with E-state index in [9.17, 15) is 13.6 Å². The molecule has 0 aliphatic carbocycles. The molecule has 13 heteroatoms. The van der Waals surface area contributed by atoms with Gasteiger partial charge in [0.2, 0.25) is 0 Å². The van der Waals surface area contributed by atoms with Gasteiger partial charge in [-0.05, 0) is 18.2 Å². The van der Waals surface area contributed by atoms with Crippen molar-refractivity contribution in [3.05, 3.63) is 64.4 Å². The monoisotopic (exact) mass is 555 g/mol. The summed E-state index contributed by atoms with van der Waals surface area (Å²) in [6.45, 7) is -0.693. The normalized spacial score (nSPS) is 11.5. The fourth-order valence-electron chi connectivity index (χ4n) is 2.44. The van der Waals surface area contributed by atoms with E-state index in [1.165, 1.54) is 40.5 Å². The maximum atomic E-state index is 12.9. The van der Waals surface area contributed by atoms with Crippen LogP contribution in [0.2, 0.25) is 0 Å². The van der Waals surface area contributed by atoms with Crippen molar-refractivity contribution < 1.29 is 13.5 Å². The van der Waals surface area contributed by atoms with Crippen LogP contribution in [0.25, 0.3) is 21.8 Å². The molecule has 0 bridgehead atoms. The number of halogens is 3. The van der Waals surface area contributed by atoms with Gasteiger partial charge < -0.3 is 4.74 Å². The molecule has 0 aliphatic rings. The van der Waals surface area contributed by atoms with Gasteiger partial charge in [0.25, 0.3) is 5.56 Å². The highest BCUT2D eigenvalue weighted by Gasteiger charge is 2.25. The van der Waals surface area contributed by atoms with Gasteiger partial charge in [-0.1, -0.05) is 11.3 Å². The molecule has 0 N–H and O–H groups in total. The predicted molar refractivity (Wildman–Crippen MR) is 116 cm³/mol. The maximum Gasteiger partial charge on any atom is 0.329 e. The van der Waals surface area contributed by atoms with Crippen LogP contribution in [-0.4, -0.2) is 45.5 Å². The number of pyridine rings is 1. The molecule has 4 heterocycles. The zero-order valence-electron chi connectivity index (χ0n) is 15.5. The standard InChI is InChI=1S/C18H12F2IN7O2S/c19-18(20,21)10-30-17-23-7-12(8-24-17)13-1-2-15(29)28(27-13)9-14-25-26-16(31-14)11-3-5-22-6-4-11/h1-8H,9-10H2. The zero-order valence-corrected chi connectivity index (χ0v) is 18.5. The average molecular weight is 555 g/mol. The van der Waals surface area contributed by atoms with E-state index in [-0.39, 0.29) is 18.1 Å². The number of hydrogen-bond acceptors (Lipinski definition) is 9. The summed E-state index contributed by atoms with van der Waals surface area (Å²) in [5.41, 5.74) is 1.50. The van der Waals surface area contributed by atoms with Gasteiger partial charge in [-0.15, -0.1) is 10.2 Å². The largest absolute Gasteiger partial charge is 0.456 e. The van der Waals surface area contributed by atoms with Gasteiger partial charge in [-0.25, -0.2) is 14.6 Å². The molecule has 0 saturated heterocycles. The number of ether oxygens (including phenoxy) is 1. The minimum Gasteiger partial charge on any atom is -0.456 e. The van der Waals surface area contributed by atoms with Gasteiger partial charge in [0.05, 0.1) is 12.2 Å². The summed E-state index contributed by atoms with van der Waals surface area (Å²) in [4.78, 5) is 24.0. The quantitative estimate of drug-likeness (QED) is 0.253. The van der Waals surface area contributed by atoms with Crippen LogP contribution >= 0.6 is 33.9 Å². The van der Waals surface area contributed by atoms with Crippen LogP contribution in [0.4, 0.5) is 8.78 Å². The summed E-state index contributed by atoms with van der Waals surface area (Å²) in [6, 6.07) is 6.37. The highest BCUT2D eigenvalue weighted by molar-refractivity contribution is 14.1. The third-order valence-corrected chi connectivity index (χ3v) is 5.10. The third kappa shape index (κ3) is 5.61. The van der Waals surface area contributed by atoms with Crippen LogP contribution < -0.4 is 10.3 Å². The zero-order chi connectivity index (χ0) is 21.8. The molecular formula is C18H12F2IN7O2S. The molecule has 0 fully saturated rings. The molecule has 0 saturated carbocycles. The van der Waals surface area contributed by atoms with Crippen LogP contribution in [0.1, 0.15) is 5.01 Å². The average Bonchev–Trinajstić information content (AvgIpc) is 3.23. The fourth-order valence-corrected chi connectivity index (χ4v) is 3.43. The minimum absolute atomic E-state index is 0.141. The molecular weight excluding hydrogens is 543 g/mol. The van der Waals surface area contributed by atoms with Crippen molar-refractivity contribution in [3.63, 3.8) is 0 Å². The smallest absolute Gasteiger partial charge is 0.329 e. The second-order valence-corrected chi connectivity index (χ2v) is 8.75. The molecule has 4 aromatic rings. The van der Waals surface area contributed by atoms with Gasteiger partial charge >= 0.3 is 9.94 Å². The van der Waals surface area contributed by atoms with E-state index in [0.717, 1.165) is 28.2 Å². The van der Waals surface area contributed by atoms with Gasteiger partial charge in [-0.2, -0.15) is 13.9 Å². The Hall–Kier alpha value is -2.94. The van der Waals surface area contributed by atoms with Crippen molar-refractivity contribution in [1.29, 1.82) is 0 Å². The lowest BCUT2D eigenvalue weighted by atomic mass is 10.2. The van der Waals surface area contributed by atoms with Gasteiger partial charge in [-0.3, -0.25) is 9.78 Å². The van der Waals surface area contributed by atoms with Crippen molar-refractivity contribution >= 4 is 33.9 Å². The molecule has 31 heavy (non-hydrogen) atoms. The van der Waals surface area contributed by atoms with E-state index in [1.807, 2.05) is 12.1 Å². The Labute approximate surface area is 191 Å². The number of nitrogens with zero attached hydrogens (tertiary/aromatic N) is 7. The van der Waals surface area contributed by atoms with E-state index < -0.39 is 10.5 Å². The number of rotatable bonds is 7.